The second-order valence-corrected chi connectivity index (χ2v) is 6.93. The molecule has 0 aromatic heterocycles. The zero-order valence-electron chi connectivity index (χ0n) is 16.6. The van der Waals surface area contributed by atoms with Crippen LogP contribution in [0.25, 0.3) is 0 Å². The summed E-state index contributed by atoms with van der Waals surface area (Å²) in [7, 11) is 0. The van der Waals surface area contributed by atoms with Crippen molar-refractivity contribution in [2.45, 2.75) is 64.6 Å². The number of benzene rings is 2. The van der Waals surface area contributed by atoms with Gasteiger partial charge in [0.1, 0.15) is 0 Å². The van der Waals surface area contributed by atoms with E-state index in [1.165, 1.54) is 11.1 Å². The zero-order valence-corrected chi connectivity index (χ0v) is 16.6. The maximum Gasteiger partial charge on any atom is 0.0833 e. The van der Waals surface area contributed by atoms with Gasteiger partial charge in [0.2, 0.25) is 0 Å². The lowest BCUT2D eigenvalue weighted by Gasteiger charge is -2.26. The number of unbranched alkanes of at least 4 members (excludes halogenated alkanes) is 2. The Morgan fingerprint density at radius 2 is 1.07 bits per heavy atom. The fourth-order valence-electron chi connectivity index (χ4n) is 3.19. The molecule has 0 saturated heterocycles. The molecule has 1 heteroatoms. The number of hydrogen-bond acceptors (Lipinski definition) is 1. The van der Waals surface area contributed by atoms with Crippen molar-refractivity contribution in [2.75, 3.05) is 0 Å². The van der Waals surface area contributed by atoms with E-state index in [-0.39, 0.29) is 12.2 Å². The van der Waals surface area contributed by atoms with Crippen LogP contribution >= 0.6 is 0 Å². The third kappa shape index (κ3) is 6.32. The first-order valence-corrected chi connectivity index (χ1v) is 10.00. The van der Waals surface area contributed by atoms with Crippen LogP contribution in [0, 0.1) is 24.7 Å². The molecule has 0 heterocycles. The van der Waals surface area contributed by atoms with Crippen molar-refractivity contribution in [1.82, 2.24) is 0 Å². The van der Waals surface area contributed by atoms with Gasteiger partial charge >= 0.3 is 0 Å². The standard InChI is InChI=1S/C26H30O/c1-5-9-11-25(23-17-13-21(7-3)14-18-23)27-26(12-10-6-2)24-19-15-22(8-4)16-20-24/h3-4,13-20,25-26H,5-6,9-12H2,1-2H3. The average Bonchev–Trinajstić information content (AvgIpc) is 2.73. The Hall–Kier alpha value is -2.48. The first-order chi connectivity index (χ1) is 13.2. The Balaban J connectivity index is 2.24. The van der Waals surface area contributed by atoms with Gasteiger partial charge < -0.3 is 4.74 Å². The number of hydrogen-bond donors (Lipinski definition) is 0. The van der Waals surface area contributed by atoms with Crippen molar-refractivity contribution in [3.8, 4) is 24.7 Å². The largest absolute Gasteiger partial charge is 0.366 e. The van der Waals surface area contributed by atoms with Gasteiger partial charge in [0, 0.05) is 11.1 Å². The highest BCUT2D eigenvalue weighted by Crippen LogP contribution is 2.33. The minimum atomic E-state index is 0.0749. The van der Waals surface area contributed by atoms with Gasteiger partial charge in [0.05, 0.1) is 12.2 Å². The van der Waals surface area contributed by atoms with Gasteiger partial charge in [-0.25, -0.2) is 0 Å². The maximum absolute atomic E-state index is 6.67. The highest BCUT2D eigenvalue weighted by Gasteiger charge is 2.19. The maximum atomic E-state index is 6.67. The second-order valence-electron chi connectivity index (χ2n) is 6.93. The van der Waals surface area contributed by atoms with E-state index < -0.39 is 0 Å². The summed E-state index contributed by atoms with van der Waals surface area (Å²) in [6.45, 7) is 4.43. The van der Waals surface area contributed by atoms with E-state index in [9.17, 15) is 0 Å². The fraction of sp³-hybridized carbons (Fsp3) is 0.385. The Morgan fingerprint density at radius 3 is 1.37 bits per heavy atom. The number of rotatable bonds is 10. The molecule has 1 nitrogen and oxygen atoms in total. The molecule has 0 fully saturated rings. The minimum Gasteiger partial charge on any atom is -0.366 e. The molecule has 2 aromatic carbocycles. The van der Waals surface area contributed by atoms with E-state index in [1.807, 2.05) is 24.3 Å². The van der Waals surface area contributed by atoms with E-state index in [4.69, 9.17) is 17.6 Å². The topological polar surface area (TPSA) is 9.23 Å². The summed E-state index contributed by atoms with van der Waals surface area (Å²) in [6, 6.07) is 16.4. The SMILES string of the molecule is C#Cc1ccc(C(CCCC)OC(CCCC)c2ccc(C#C)cc2)cc1. The molecule has 0 bridgehead atoms. The lowest BCUT2D eigenvalue weighted by molar-refractivity contribution is -0.0260. The Morgan fingerprint density at radius 1 is 0.704 bits per heavy atom. The fourth-order valence-corrected chi connectivity index (χ4v) is 3.19. The van der Waals surface area contributed by atoms with Crippen LogP contribution in [0.2, 0.25) is 0 Å². The number of terminal acetylenes is 2. The van der Waals surface area contributed by atoms with Crippen molar-refractivity contribution < 1.29 is 4.74 Å². The van der Waals surface area contributed by atoms with E-state index in [0.29, 0.717) is 0 Å². The van der Waals surface area contributed by atoms with Crippen molar-refractivity contribution in [3.05, 3.63) is 70.8 Å². The molecule has 0 N–H and O–H groups in total. The molecule has 2 rings (SSSR count). The highest BCUT2D eigenvalue weighted by atomic mass is 16.5. The van der Waals surface area contributed by atoms with Gasteiger partial charge in [-0.3, -0.25) is 0 Å². The van der Waals surface area contributed by atoms with Crippen LogP contribution in [0.15, 0.2) is 48.5 Å². The summed E-state index contributed by atoms with van der Waals surface area (Å²) in [6.07, 6.45) is 17.7. The summed E-state index contributed by atoms with van der Waals surface area (Å²) in [4.78, 5) is 0. The van der Waals surface area contributed by atoms with Crippen LogP contribution in [0.3, 0.4) is 0 Å². The third-order valence-corrected chi connectivity index (χ3v) is 4.87. The monoisotopic (exact) mass is 358 g/mol. The molecule has 0 aliphatic heterocycles. The normalized spacial score (nSPS) is 12.7. The molecule has 0 aliphatic carbocycles. The average molecular weight is 359 g/mol. The van der Waals surface area contributed by atoms with Crippen LogP contribution in [0.5, 0.6) is 0 Å². The Bertz CT molecular complexity index is 688. The Labute approximate surface area is 165 Å². The molecule has 2 atom stereocenters. The van der Waals surface area contributed by atoms with Crippen molar-refractivity contribution in [1.29, 1.82) is 0 Å². The van der Waals surface area contributed by atoms with E-state index in [2.05, 4.69) is 50.0 Å². The van der Waals surface area contributed by atoms with E-state index >= 15 is 0 Å². The van der Waals surface area contributed by atoms with Crippen LogP contribution in [0.4, 0.5) is 0 Å². The minimum absolute atomic E-state index is 0.0749. The smallest absolute Gasteiger partial charge is 0.0833 e. The predicted octanol–water partition coefficient (Wildman–Crippen LogP) is 6.83. The van der Waals surface area contributed by atoms with Gasteiger partial charge in [-0.05, 0) is 48.2 Å². The molecule has 2 aromatic rings. The summed E-state index contributed by atoms with van der Waals surface area (Å²) in [5, 5.41) is 0. The lowest BCUT2D eigenvalue weighted by Crippen LogP contribution is -2.11. The summed E-state index contributed by atoms with van der Waals surface area (Å²) in [5.74, 6) is 5.37. The van der Waals surface area contributed by atoms with Gasteiger partial charge in [0.15, 0.2) is 0 Å². The van der Waals surface area contributed by atoms with Crippen LogP contribution in [-0.4, -0.2) is 0 Å². The van der Waals surface area contributed by atoms with Gasteiger partial charge in [-0.15, -0.1) is 12.8 Å². The molecule has 0 spiro atoms. The molecule has 0 amide bonds. The van der Waals surface area contributed by atoms with E-state index in [0.717, 1.165) is 49.7 Å². The molecule has 0 aliphatic rings. The van der Waals surface area contributed by atoms with Crippen molar-refractivity contribution >= 4 is 0 Å². The lowest BCUT2D eigenvalue weighted by atomic mass is 9.99. The van der Waals surface area contributed by atoms with Crippen LogP contribution < -0.4 is 0 Å². The van der Waals surface area contributed by atoms with Crippen molar-refractivity contribution in [3.63, 3.8) is 0 Å². The quantitative estimate of drug-likeness (QED) is 0.423. The Kier molecular flexibility index (Phi) is 8.70. The molecular weight excluding hydrogens is 328 g/mol. The second kappa shape index (κ2) is 11.3. The van der Waals surface area contributed by atoms with Gasteiger partial charge in [-0.1, -0.05) is 75.6 Å². The summed E-state index contributed by atoms with van der Waals surface area (Å²) < 4.78 is 6.67. The van der Waals surface area contributed by atoms with E-state index in [1.54, 1.807) is 0 Å². The first-order valence-electron chi connectivity index (χ1n) is 10.00. The molecular formula is C26H30O. The molecule has 0 radical (unpaired) electrons. The zero-order chi connectivity index (χ0) is 19.5. The predicted molar refractivity (Wildman–Crippen MR) is 114 cm³/mol. The third-order valence-electron chi connectivity index (χ3n) is 4.87. The van der Waals surface area contributed by atoms with Gasteiger partial charge in [-0.2, -0.15) is 0 Å². The molecule has 27 heavy (non-hydrogen) atoms. The summed E-state index contributed by atoms with van der Waals surface area (Å²) in [5.41, 5.74) is 4.20. The molecule has 140 valence electrons. The van der Waals surface area contributed by atoms with Gasteiger partial charge in [0.25, 0.3) is 0 Å². The molecule has 0 saturated carbocycles. The number of ether oxygens (including phenoxy) is 1. The summed E-state index contributed by atoms with van der Waals surface area (Å²) >= 11 is 0. The van der Waals surface area contributed by atoms with Crippen LogP contribution in [-0.2, 0) is 4.74 Å². The molecule has 2 unspecified atom stereocenters. The van der Waals surface area contributed by atoms with Crippen molar-refractivity contribution in [2.24, 2.45) is 0 Å². The first kappa shape index (κ1) is 20.8. The highest BCUT2D eigenvalue weighted by molar-refractivity contribution is 5.36. The van der Waals surface area contributed by atoms with Crippen LogP contribution in [0.1, 0.15) is 86.8 Å².